The lowest BCUT2D eigenvalue weighted by Gasteiger charge is -2.16. The summed E-state index contributed by atoms with van der Waals surface area (Å²) < 4.78 is 31.1. The summed E-state index contributed by atoms with van der Waals surface area (Å²) in [5.74, 6) is 0. The lowest BCUT2D eigenvalue weighted by atomic mass is 10.1. The molecule has 0 bridgehead atoms. The molecular formula is C12H20O3SSi. The molecule has 1 N–H and O–H groups in total. The number of rotatable bonds is 4. The summed E-state index contributed by atoms with van der Waals surface area (Å²) in [6.07, 6.45) is 0.880. The molecule has 0 aromatic heterocycles. The van der Waals surface area contributed by atoms with E-state index >= 15 is 0 Å². The fraction of sp³-hybridized carbons (Fsp3) is 0.500. The topological polar surface area (TPSA) is 54.4 Å². The first-order chi connectivity index (χ1) is 7.59. The Morgan fingerprint density at radius 2 is 1.82 bits per heavy atom. The van der Waals surface area contributed by atoms with Crippen LogP contribution in [0.3, 0.4) is 0 Å². The zero-order valence-corrected chi connectivity index (χ0v) is 12.6. The number of benzene rings is 1. The summed E-state index contributed by atoms with van der Waals surface area (Å²) in [5, 5.41) is 0. The minimum atomic E-state index is -4.08. The van der Waals surface area contributed by atoms with E-state index in [1.807, 2.05) is 6.92 Å². The lowest BCUT2D eigenvalue weighted by molar-refractivity contribution is 0.483. The van der Waals surface area contributed by atoms with Crippen LogP contribution < -0.4 is 0 Å². The van der Waals surface area contributed by atoms with Gasteiger partial charge in [-0.2, -0.15) is 8.42 Å². The Morgan fingerprint density at radius 3 is 2.29 bits per heavy atom. The number of hydrogen-bond acceptors (Lipinski definition) is 2. The predicted octanol–water partition coefficient (Wildman–Crippen LogP) is 3.12. The molecule has 0 unspecified atom stereocenters. The van der Waals surface area contributed by atoms with E-state index in [1.54, 1.807) is 12.1 Å². The van der Waals surface area contributed by atoms with Crippen LogP contribution in [0.15, 0.2) is 23.1 Å². The van der Waals surface area contributed by atoms with Crippen molar-refractivity contribution in [2.75, 3.05) is 0 Å². The van der Waals surface area contributed by atoms with E-state index in [-0.39, 0.29) is 4.90 Å². The molecule has 17 heavy (non-hydrogen) atoms. The first kappa shape index (κ1) is 14.4. The molecule has 1 rings (SSSR count). The molecule has 0 atom stereocenters. The Bertz CT molecular complexity index is 501. The van der Waals surface area contributed by atoms with Gasteiger partial charge in [0, 0.05) is 8.07 Å². The molecule has 0 amide bonds. The highest BCUT2D eigenvalue weighted by Crippen LogP contribution is 2.20. The van der Waals surface area contributed by atoms with E-state index in [2.05, 4.69) is 19.6 Å². The molecule has 5 heteroatoms. The van der Waals surface area contributed by atoms with Gasteiger partial charge in [-0.05, 0) is 36.6 Å². The van der Waals surface area contributed by atoms with Crippen LogP contribution in [0.5, 0.6) is 0 Å². The van der Waals surface area contributed by atoms with E-state index in [0.717, 1.165) is 23.6 Å². The van der Waals surface area contributed by atoms with Crippen LogP contribution in [0.2, 0.25) is 25.7 Å². The average Bonchev–Trinajstić information content (AvgIpc) is 2.13. The summed E-state index contributed by atoms with van der Waals surface area (Å²) in [5.41, 5.74) is 2.10. The van der Waals surface area contributed by atoms with Crippen molar-refractivity contribution in [3.63, 3.8) is 0 Å². The fourth-order valence-electron chi connectivity index (χ4n) is 1.59. The SMILES string of the molecule is Cc1ccc(S(=O)(=O)O)cc1CC[Si](C)(C)C. The Kier molecular flexibility index (Phi) is 4.17. The fourth-order valence-corrected chi connectivity index (χ4v) is 3.14. The van der Waals surface area contributed by atoms with Gasteiger partial charge in [-0.3, -0.25) is 4.55 Å². The highest BCUT2D eigenvalue weighted by Gasteiger charge is 2.15. The van der Waals surface area contributed by atoms with Gasteiger partial charge in [0.2, 0.25) is 0 Å². The normalized spacial score (nSPS) is 12.8. The van der Waals surface area contributed by atoms with Crippen LogP contribution in [-0.4, -0.2) is 21.0 Å². The maximum atomic E-state index is 11.1. The second kappa shape index (κ2) is 4.92. The van der Waals surface area contributed by atoms with Gasteiger partial charge in [-0.15, -0.1) is 0 Å². The molecule has 0 aliphatic carbocycles. The largest absolute Gasteiger partial charge is 0.294 e. The monoisotopic (exact) mass is 272 g/mol. The van der Waals surface area contributed by atoms with Crippen LogP contribution in [0.4, 0.5) is 0 Å². The van der Waals surface area contributed by atoms with Crippen molar-refractivity contribution in [1.29, 1.82) is 0 Å². The summed E-state index contributed by atoms with van der Waals surface area (Å²) in [7, 11) is -5.22. The maximum Gasteiger partial charge on any atom is 0.294 e. The van der Waals surface area contributed by atoms with Crippen molar-refractivity contribution < 1.29 is 13.0 Å². The van der Waals surface area contributed by atoms with E-state index < -0.39 is 18.2 Å². The van der Waals surface area contributed by atoms with Gasteiger partial charge in [0.1, 0.15) is 0 Å². The molecule has 0 spiro atoms. The summed E-state index contributed by atoms with van der Waals surface area (Å²) in [6, 6.07) is 5.90. The second-order valence-corrected chi connectivity index (χ2v) is 12.7. The lowest BCUT2D eigenvalue weighted by Crippen LogP contribution is -2.20. The number of aryl methyl sites for hydroxylation is 2. The van der Waals surface area contributed by atoms with Gasteiger partial charge in [-0.1, -0.05) is 31.8 Å². The highest BCUT2D eigenvalue weighted by atomic mass is 32.2. The van der Waals surface area contributed by atoms with E-state index in [0.29, 0.717) is 0 Å². The molecular weight excluding hydrogens is 252 g/mol. The third-order valence-electron chi connectivity index (χ3n) is 2.76. The van der Waals surface area contributed by atoms with Gasteiger partial charge < -0.3 is 0 Å². The van der Waals surface area contributed by atoms with Gasteiger partial charge in [0.15, 0.2) is 0 Å². The Balaban J connectivity index is 3.00. The zero-order valence-electron chi connectivity index (χ0n) is 10.8. The van der Waals surface area contributed by atoms with Gasteiger partial charge in [-0.25, -0.2) is 0 Å². The molecule has 3 nitrogen and oxygen atoms in total. The van der Waals surface area contributed by atoms with Crippen LogP contribution in [0, 0.1) is 6.92 Å². The van der Waals surface area contributed by atoms with E-state index in [4.69, 9.17) is 4.55 Å². The summed E-state index contributed by atoms with van der Waals surface area (Å²) in [6.45, 7) is 8.83. The van der Waals surface area contributed by atoms with Crippen LogP contribution in [0.25, 0.3) is 0 Å². The molecule has 0 aliphatic rings. The van der Waals surface area contributed by atoms with E-state index in [1.165, 1.54) is 6.07 Å². The first-order valence-electron chi connectivity index (χ1n) is 5.67. The predicted molar refractivity (Wildman–Crippen MR) is 72.9 cm³/mol. The first-order valence-corrected chi connectivity index (χ1v) is 10.8. The van der Waals surface area contributed by atoms with Crippen molar-refractivity contribution in [2.45, 2.75) is 43.9 Å². The Morgan fingerprint density at radius 1 is 1.24 bits per heavy atom. The quantitative estimate of drug-likeness (QED) is 0.677. The molecule has 1 aromatic carbocycles. The highest BCUT2D eigenvalue weighted by molar-refractivity contribution is 7.85. The van der Waals surface area contributed by atoms with Crippen molar-refractivity contribution in [3.05, 3.63) is 29.3 Å². The van der Waals surface area contributed by atoms with E-state index in [9.17, 15) is 8.42 Å². The standard InChI is InChI=1S/C12H20O3SSi/c1-10-5-6-12(16(13,14)15)9-11(10)7-8-17(2,3)4/h5-6,9H,7-8H2,1-4H3,(H,13,14,15). The van der Waals surface area contributed by atoms with Crippen LogP contribution in [0.1, 0.15) is 11.1 Å². The molecule has 0 saturated carbocycles. The molecule has 96 valence electrons. The molecule has 0 fully saturated rings. The van der Waals surface area contributed by atoms with Crippen LogP contribution >= 0.6 is 0 Å². The Labute approximate surface area is 105 Å². The summed E-state index contributed by atoms with van der Waals surface area (Å²) >= 11 is 0. The van der Waals surface area contributed by atoms with Crippen molar-refractivity contribution in [3.8, 4) is 0 Å². The van der Waals surface area contributed by atoms with Crippen LogP contribution in [-0.2, 0) is 16.5 Å². The van der Waals surface area contributed by atoms with Gasteiger partial charge >= 0.3 is 0 Å². The molecule has 0 saturated heterocycles. The second-order valence-electron chi connectivity index (χ2n) is 5.62. The summed E-state index contributed by atoms with van der Waals surface area (Å²) in [4.78, 5) is -0.00586. The molecule has 1 aromatic rings. The minimum absolute atomic E-state index is 0.00586. The minimum Gasteiger partial charge on any atom is -0.282 e. The molecule has 0 radical (unpaired) electrons. The maximum absolute atomic E-state index is 11.1. The van der Waals surface area contributed by atoms with Gasteiger partial charge in [0.05, 0.1) is 4.90 Å². The van der Waals surface area contributed by atoms with Crippen molar-refractivity contribution >= 4 is 18.2 Å². The zero-order chi connectivity index (χ0) is 13.3. The van der Waals surface area contributed by atoms with Crippen molar-refractivity contribution in [2.24, 2.45) is 0 Å². The molecule has 0 aliphatic heterocycles. The van der Waals surface area contributed by atoms with Gasteiger partial charge in [0.25, 0.3) is 10.1 Å². The smallest absolute Gasteiger partial charge is 0.282 e. The average molecular weight is 272 g/mol. The third-order valence-corrected chi connectivity index (χ3v) is 5.36. The van der Waals surface area contributed by atoms with Crippen molar-refractivity contribution in [1.82, 2.24) is 0 Å². The number of hydrogen-bond donors (Lipinski definition) is 1. The molecule has 0 heterocycles. The third kappa shape index (κ3) is 4.61. The Hall–Kier alpha value is -0.653.